The van der Waals surface area contributed by atoms with Gasteiger partial charge in [-0.15, -0.1) is 0 Å². The molecule has 41 heavy (non-hydrogen) atoms. The van der Waals surface area contributed by atoms with Gasteiger partial charge in [0.2, 0.25) is 0 Å². The molecular weight excluding hydrogens is 504 g/mol. The molecule has 6 nitrogen and oxygen atoms in total. The van der Waals surface area contributed by atoms with Crippen LogP contribution in [0, 0.1) is 0 Å². The van der Waals surface area contributed by atoms with Crippen LogP contribution < -0.4 is 0 Å². The molecule has 0 spiro atoms. The van der Waals surface area contributed by atoms with Crippen LogP contribution in [-0.2, 0) is 0 Å². The summed E-state index contributed by atoms with van der Waals surface area (Å²) in [6.45, 7) is 0. The molecule has 0 radical (unpaired) electrons. The Kier molecular flexibility index (Phi) is 5.35. The molecule has 8 aromatic rings. The maximum absolute atomic E-state index is 5.20. The van der Waals surface area contributed by atoms with E-state index in [1.165, 1.54) is 0 Å². The van der Waals surface area contributed by atoms with Gasteiger partial charge in [-0.05, 0) is 65.7 Å². The van der Waals surface area contributed by atoms with Crippen LogP contribution in [-0.4, -0.2) is 29.3 Å². The van der Waals surface area contributed by atoms with Gasteiger partial charge in [0.05, 0.1) is 17.1 Å². The molecule has 0 aliphatic rings. The van der Waals surface area contributed by atoms with Crippen LogP contribution in [0.3, 0.4) is 0 Å². The third kappa shape index (κ3) is 4.01. The van der Waals surface area contributed by atoms with E-state index in [9.17, 15) is 0 Å². The number of hydrogen-bond donors (Lipinski definition) is 0. The zero-order valence-corrected chi connectivity index (χ0v) is 21.9. The second kappa shape index (κ2) is 9.47. The number of benzene rings is 2. The predicted octanol–water partition coefficient (Wildman–Crippen LogP) is 7.89. The minimum atomic E-state index is 0.848. The largest absolute Gasteiger partial charge is 0.284 e. The van der Waals surface area contributed by atoms with Crippen molar-refractivity contribution >= 4 is 27.6 Å². The Balaban J connectivity index is 1.34. The molecule has 0 amide bonds. The van der Waals surface area contributed by atoms with Gasteiger partial charge in [0, 0.05) is 58.4 Å². The Morgan fingerprint density at radius 2 is 1.17 bits per heavy atom. The van der Waals surface area contributed by atoms with Crippen molar-refractivity contribution < 1.29 is 0 Å². The lowest BCUT2D eigenvalue weighted by molar-refractivity contribution is 1.19. The van der Waals surface area contributed by atoms with Gasteiger partial charge in [0.1, 0.15) is 11.2 Å². The van der Waals surface area contributed by atoms with E-state index in [1.54, 1.807) is 12.4 Å². The monoisotopic (exact) mass is 526 g/mol. The van der Waals surface area contributed by atoms with Crippen LogP contribution in [0.2, 0.25) is 0 Å². The minimum absolute atomic E-state index is 0.848. The second-order valence-corrected chi connectivity index (χ2v) is 9.91. The summed E-state index contributed by atoms with van der Waals surface area (Å²) >= 11 is 0. The lowest BCUT2D eigenvalue weighted by Crippen LogP contribution is -1.93. The molecule has 192 valence electrons. The van der Waals surface area contributed by atoms with Crippen LogP contribution in [0.15, 0.2) is 134 Å². The van der Waals surface area contributed by atoms with Crippen molar-refractivity contribution in [2.75, 3.05) is 0 Å². The Labute approximate surface area is 235 Å². The number of aromatic nitrogens is 6. The van der Waals surface area contributed by atoms with Gasteiger partial charge in [0.15, 0.2) is 5.65 Å². The van der Waals surface area contributed by atoms with E-state index >= 15 is 0 Å². The molecular formula is C35H22N6. The molecule has 0 saturated heterocycles. The molecule has 0 fully saturated rings. The van der Waals surface area contributed by atoms with Crippen LogP contribution in [0.4, 0.5) is 0 Å². The lowest BCUT2D eigenvalue weighted by Gasteiger charge is -2.12. The van der Waals surface area contributed by atoms with Crippen molar-refractivity contribution in [3.8, 4) is 44.9 Å². The Morgan fingerprint density at radius 1 is 0.488 bits per heavy atom. The topological polar surface area (TPSA) is 68.9 Å². The molecule has 0 aliphatic heterocycles. The number of pyridine rings is 5. The summed E-state index contributed by atoms with van der Waals surface area (Å²) in [6, 6.07) is 35.1. The molecule has 0 unspecified atom stereocenters. The highest BCUT2D eigenvalue weighted by atomic mass is 15.1. The smallest absolute Gasteiger partial charge is 0.165 e. The van der Waals surface area contributed by atoms with Crippen molar-refractivity contribution in [2.45, 2.75) is 0 Å². The summed E-state index contributed by atoms with van der Waals surface area (Å²) < 4.78 is 2.05. The second-order valence-electron chi connectivity index (χ2n) is 9.91. The first-order valence-electron chi connectivity index (χ1n) is 13.4. The van der Waals surface area contributed by atoms with Crippen molar-refractivity contribution in [3.63, 3.8) is 0 Å². The first kappa shape index (κ1) is 23.2. The summed E-state index contributed by atoms with van der Waals surface area (Å²) in [4.78, 5) is 23.7. The van der Waals surface area contributed by atoms with Gasteiger partial charge < -0.3 is 0 Å². The van der Waals surface area contributed by atoms with Gasteiger partial charge >= 0.3 is 0 Å². The first-order valence-corrected chi connectivity index (χ1v) is 13.4. The van der Waals surface area contributed by atoms with Crippen molar-refractivity contribution in [2.24, 2.45) is 0 Å². The van der Waals surface area contributed by atoms with E-state index in [-0.39, 0.29) is 0 Å². The zero-order valence-electron chi connectivity index (χ0n) is 21.9. The maximum Gasteiger partial charge on any atom is 0.165 e. The molecule has 6 heterocycles. The van der Waals surface area contributed by atoms with Gasteiger partial charge in [-0.3, -0.25) is 14.4 Å². The lowest BCUT2D eigenvalue weighted by atomic mass is 9.97. The van der Waals surface area contributed by atoms with Crippen LogP contribution in [0.5, 0.6) is 0 Å². The van der Waals surface area contributed by atoms with E-state index in [0.29, 0.717) is 0 Å². The third-order valence-electron chi connectivity index (χ3n) is 7.37. The molecule has 8 rings (SSSR count). The molecule has 2 aromatic carbocycles. The van der Waals surface area contributed by atoms with E-state index in [1.807, 2.05) is 61.1 Å². The summed E-state index contributed by atoms with van der Waals surface area (Å²) in [7, 11) is 0. The highest BCUT2D eigenvalue weighted by molar-refractivity contribution is 6.09. The normalized spacial score (nSPS) is 11.4. The number of nitrogens with zero attached hydrogens (tertiary/aromatic N) is 6. The third-order valence-corrected chi connectivity index (χ3v) is 7.37. The fraction of sp³-hybridized carbons (Fsp3) is 0. The molecule has 0 bridgehead atoms. The zero-order chi connectivity index (χ0) is 27.2. The number of imidazole rings is 1. The van der Waals surface area contributed by atoms with Gasteiger partial charge in [0.25, 0.3) is 0 Å². The molecule has 0 aliphatic carbocycles. The Hall–Kier alpha value is -5.75. The molecule has 0 atom stereocenters. The first-order chi connectivity index (χ1) is 20.3. The molecule has 6 heteroatoms. The number of hydrogen-bond acceptors (Lipinski definition) is 5. The Morgan fingerprint density at radius 3 is 1.90 bits per heavy atom. The summed E-state index contributed by atoms with van der Waals surface area (Å²) in [5.74, 6) is 0. The van der Waals surface area contributed by atoms with Crippen LogP contribution in [0.1, 0.15) is 0 Å². The van der Waals surface area contributed by atoms with Crippen molar-refractivity contribution in [3.05, 3.63) is 134 Å². The molecule has 0 saturated carbocycles. The summed E-state index contributed by atoms with van der Waals surface area (Å²) in [5.41, 5.74) is 10.4. The average molecular weight is 527 g/mol. The van der Waals surface area contributed by atoms with E-state index in [2.05, 4.69) is 75.0 Å². The molecule has 6 aromatic heterocycles. The van der Waals surface area contributed by atoms with Gasteiger partial charge in [-0.1, -0.05) is 48.5 Å². The standard InChI is InChI=1S/C35H22N6/c1-2-13-29-28(12-1)33(40-35-34(29)39-32-14-3-4-17-41(32)35)24-9-5-8-23(18-24)27-19-30(25-10-6-15-36-21-25)38-31(20-27)26-11-7-16-37-22-26/h1-22H. The number of fused-ring (bicyclic) bond motifs is 5. The molecule has 0 N–H and O–H groups in total. The highest BCUT2D eigenvalue weighted by Crippen LogP contribution is 2.35. The van der Waals surface area contributed by atoms with Gasteiger partial charge in [-0.25, -0.2) is 15.0 Å². The Bertz CT molecular complexity index is 2150. The maximum atomic E-state index is 5.20. The van der Waals surface area contributed by atoms with E-state index < -0.39 is 0 Å². The van der Waals surface area contributed by atoms with Gasteiger partial charge in [-0.2, -0.15) is 0 Å². The van der Waals surface area contributed by atoms with Crippen LogP contribution in [0.25, 0.3) is 72.5 Å². The quantitative estimate of drug-likeness (QED) is 0.233. The fourth-order valence-corrected chi connectivity index (χ4v) is 5.42. The van der Waals surface area contributed by atoms with E-state index in [0.717, 1.165) is 72.5 Å². The van der Waals surface area contributed by atoms with Crippen LogP contribution >= 0.6 is 0 Å². The van der Waals surface area contributed by atoms with E-state index in [4.69, 9.17) is 15.0 Å². The minimum Gasteiger partial charge on any atom is -0.284 e. The van der Waals surface area contributed by atoms with Crippen molar-refractivity contribution in [1.29, 1.82) is 0 Å². The SMILES string of the molecule is c1cncc(-c2cc(-c3cccc(-c4nc5c(nc6ccccn65)c5ccccc45)c3)cc(-c3cccnc3)n2)c1. The summed E-state index contributed by atoms with van der Waals surface area (Å²) in [5, 5.41) is 2.16. The fourth-order valence-electron chi connectivity index (χ4n) is 5.42. The average Bonchev–Trinajstić information content (AvgIpc) is 3.44. The van der Waals surface area contributed by atoms with Crippen molar-refractivity contribution in [1.82, 2.24) is 29.3 Å². The summed E-state index contributed by atoms with van der Waals surface area (Å²) in [6.07, 6.45) is 9.25. The predicted molar refractivity (Wildman–Crippen MR) is 163 cm³/mol. The highest BCUT2D eigenvalue weighted by Gasteiger charge is 2.16. The number of rotatable bonds is 4.